The molecule has 0 spiro atoms. The van der Waals surface area contributed by atoms with Crippen LogP contribution in [0.2, 0.25) is 5.02 Å². The first-order valence-corrected chi connectivity index (χ1v) is 9.19. The van der Waals surface area contributed by atoms with Gasteiger partial charge in [0.05, 0.1) is 10.6 Å². The number of fused-ring (bicyclic) bond motifs is 1. The first-order chi connectivity index (χ1) is 10.4. The summed E-state index contributed by atoms with van der Waals surface area (Å²) in [7, 11) is -3.71. The molecule has 0 bridgehead atoms. The van der Waals surface area contributed by atoms with E-state index in [-0.39, 0.29) is 11.3 Å². The summed E-state index contributed by atoms with van der Waals surface area (Å²) < 4.78 is 40.5. The van der Waals surface area contributed by atoms with Crippen LogP contribution in [0.5, 0.6) is 0 Å². The lowest BCUT2D eigenvalue weighted by Gasteiger charge is -2.31. The lowest BCUT2D eigenvalue weighted by Crippen LogP contribution is -2.34. The van der Waals surface area contributed by atoms with E-state index in [4.69, 9.17) is 11.6 Å². The number of hydrogen-bond acceptors (Lipinski definition) is 2. The molecule has 0 amide bonds. The Morgan fingerprint density at radius 3 is 2.50 bits per heavy atom. The third-order valence-corrected chi connectivity index (χ3v) is 6.19. The molecule has 1 unspecified atom stereocenters. The number of hydrogen-bond donors (Lipinski definition) is 0. The van der Waals surface area contributed by atoms with E-state index in [1.54, 1.807) is 12.1 Å². The van der Waals surface area contributed by atoms with Crippen molar-refractivity contribution >= 4 is 21.4 Å². The van der Waals surface area contributed by atoms with Gasteiger partial charge in [0.25, 0.3) is 0 Å². The van der Waals surface area contributed by atoms with Crippen LogP contribution in [-0.2, 0) is 21.9 Å². The average molecular weight is 339 g/mol. The van der Waals surface area contributed by atoms with Gasteiger partial charge < -0.3 is 0 Å². The van der Waals surface area contributed by atoms with Crippen LogP contribution in [0, 0.1) is 0 Å². The Balaban J connectivity index is 1.97. The molecule has 0 saturated heterocycles. The van der Waals surface area contributed by atoms with Crippen molar-refractivity contribution in [1.29, 1.82) is 0 Å². The first-order valence-electron chi connectivity index (χ1n) is 7.16. The van der Waals surface area contributed by atoms with Crippen molar-refractivity contribution in [1.82, 2.24) is 0 Å². The summed E-state index contributed by atoms with van der Waals surface area (Å²) in [5.74, 6) is -0.529. The zero-order valence-electron chi connectivity index (χ0n) is 11.9. The number of sulfone groups is 1. The molecule has 1 aliphatic rings. The van der Waals surface area contributed by atoms with E-state index in [2.05, 4.69) is 0 Å². The van der Waals surface area contributed by atoms with Gasteiger partial charge in [-0.1, -0.05) is 35.9 Å². The lowest BCUT2D eigenvalue weighted by molar-refractivity contribution is 0.165. The zero-order valence-corrected chi connectivity index (χ0v) is 13.5. The van der Waals surface area contributed by atoms with E-state index < -0.39 is 21.3 Å². The monoisotopic (exact) mass is 338 g/mol. The first kappa shape index (κ1) is 15.5. The predicted molar refractivity (Wildman–Crippen MR) is 85.7 cm³/mol. The Hall–Kier alpha value is -1.39. The standard InChI is InChI=1S/C17H16ClFO2S/c18-14-7-9-15(10-8-14)22(20,21)12-17(19)11-3-5-13-4-1-2-6-16(13)17/h1-2,4,6-10H,3,5,11-12H2. The Labute approximate surface area is 134 Å². The van der Waals surface area contributed by atoms with Crippen LogP contribution in [-0.4, -0.2) is 14.2 Å². The molecular formula is C17H16ClFO2S. The molecule has 5 heteroatoms. The minimum atomic E-state index is -3.71. The van der Waals surface area contributed by atoms with Gasteiger partial charge in [0.15, 0.2) is 15.5 Å². The lowest BCUT2D eigenvalue weighted by atomic mass is 9.82. The largest absolute Gasteiger partial charge is 0.238 e. The van der Waals surface area contributed by atoms with Gasteiger partial charge in [-0.05, 0) is 54.7 Å². The van der Waals surface area contributed by atoms with Gasteiger partial charge in [0.2, 0.25) is 0 Å². The Bertz CT molecular complexity index is 787. The SMILES string of the molecule is O=S(=O)(CC1(F)CCCc2ccccc21)c1ccc(Cl)cc1. The van der Waals surface area contributed by atoms with Crippen molar-refractivity contribution in [2.45, 2.75) is 29.8 Å². The highest BCUT2D eigenvalue weighted by Crippen LogP contribution is 2.40. The van der Waals surface area contributed by atoms with Gasteiger partial charge in [-0.15, -0.1) is 0 Å². The van der Waals surface area contributed by atoms with Crippen LogP contribution in [0.25, 0.3) is 0 Å². The van der Waals surface area contributed by atoms with E-state index in [0.29, 0.717) is 17.0 Å². The number of rotatable bonds is 3. The van der Waals surface area contributed by atoms with E-state index in [9.17, 15) is 8.42 Å². The molecule has 2 aromatic carbocycles. The van der Waals surface area contributed by atoms with E-state index in [0.717, 1.165) is 12.0 Å². The molecule has 22 heavy (non-hydrogen) atoms. The Morgan fingerprint density at radius 1 is 1.09 bits per heavy atom. The van der Waals surface area contributed by atoms with Gasteiger partial charge in [-0.2, -0.15) is 0 Å². The maximum atomic E-state index is 15.4. The summed E-state index contributed by atoms with van der Waals surface area (Å²) in [6.45, 7) is 0. The van der Waals surface area contributed by atoms with Crippen molar-refractivity contribution in [3.05, 3.63) is 64.7 Å². The number of aryl methyl sites for hydroxylation is 1. The molecule has 0 N–H and O–H groups in total. The van der Waals surface area contributed by atoms with Crippen LogP contribution in [0.1, 0.15) is 24.0 Å². The van der Waals surface area contributed by atoms with Crippen LogP contribution >= 0.6 is 11.6 Å². The van der Waals surface area contributed by atoms with Gasteiger partial charge >= 0.3 is 0 Å². The smallest absolute Gasteiger partial charge is 0.181 e. The molecule has 0 radical (unpaired) electrons. The van der Waals surface area contributed by atoms with Crippen LogP contribution in [0.15, 0.2) is 53.4 Å². The van der Waals surface area contributed by atoms with E-state index >= 15 is 4.39 Å². The minimum absolute atomic E-state index is 0.108. The molecule has 2 aromatic rings. The summed E-state index contributed by atoms with van der Waals surface area (Å²) in [5, 5.41) is 0.455. The topological polar surface area (TPSA) is 34.1 Å². The fourth-order valence-corrected chi connectivity index (χ4v) is 4.79. The van der Waals surface area contributed by atoms with Crippen molar-refractivity contribution in [2.75, 3.05) is 5.75 Å². The third-order valence-electron chi connectivity index (χ3n) is 4.11. The van der Waals surface area contributed by atoms with Crippen molar-refractivity contribution in [2.24, 2.45) is 0 Å². The molecule has 1 atom stereocenters. The van der Waals surface area contributed by atoms with E-state index in [1.165, 1.54) is 24.3 Å². The molecule has 3 rings (SSSR count). The molecule has 0 aromatic heterocycles. The van der Waals surface area contributed by atoms with Crippen molar-refractivity contribution < 1.29 is 12.8 Å². The minimum Gasteiger partial charge on any atom is -0.238 e. The van der Waals surface area contributed by atoms with Gasteiger partial charge in [0.1, 0.15) is 0 Å². The van der Waals surface area contributed by atoms with Crippen LogP contribution < -0.4 is 0 Å². The normalized spacial score (nSPS) is 21.4. The highest BCUT2D eigenvalue weighted by molar-refractivity contribution is 7.91. The highest BCUT2D eigenvalue weighted by atomic mass is 35.5. The van der Waals surface area contributed by atoms with E-state index in [1.807, 2.05) is 12.1 Å². The number of benzene rings is 2. The molecular weight excluding hydrogens is 323 g/mol. The Kier molecular flexibility index (Phi) is 4.00. The van der Waals surface area contributed by atoms with Crippen molar-refractivity contribution in [3.8, 4) is 0 Å². The predicted octanol–water partition coefficient (Wildman–Crippen LogP) is 4.32. The fraction of sp³-hybridized carbons (Fsp3) is 0.294. The number of halogens is 2. The Morgan fingerprint density at radius 2 is 1.77 bits per heavy atom. The highest BCUT2D eigenvalue weighted by Gasteiger charge is 2.41. The van der Waals surface area contributed by atoms with Gasteiger partial charge in [-0.25, -0.2) is 12.8 Å². The summed E-state index contributed by atoms with van der Waals surface area (Å²) in [5.41, 5.74) is -0.408. The second-order valence-corrected chi connectivity index (χ2v) is 8.12. The molecule has 0 saturated carbocycles. The van der Waals surface area contributed by atoms with Crippen LogP contribution in [0.4, 0.5) is 4.39 Å². The van der Waals surface area contributed by atoms with Crippen molar-refractivity contribution in [3.63, 3.8) is 0 Å². The second-order valence-electron chi connectivity index (χ2n) is 5.69. The zero-order chi connectivity index (χ0) is 15.8. The molecule has 0 heterocycles. The molecule has 116 valence electrons. The quantitative estimate of drug-likeness (QED) is 0.835. The van der Waals surface area contributed by atoms with Crippen LogP contribution in [0.3, 0.4) is 0 Å². The summed E-state index contributed by atoms with van der Waals surface area (Å²) in [6, 6.07) is 13.1. The number of alkyl halides is 1. The molecule has 0 fully saturated rings. The third kappa shape index (κ3) is 2.90. The van der Waals surface area contributed by atoms with Gasteiger partial charge in [0, 0.05) is 5.02 Å². The summed E-state index contributed by atoms with van der Waals surface area (Å²) >= 11 is 5.78. The summed E-state index contributed by atoms with van der Waals surface area (Å²) in [6.07, 6.45) is 1.68. The fourth-order valence-electron chi connectivity index (χ4n) is 3.05. The molecule has 1 aliphatic carbocycles. The van der Waals surface area contributed by atoms with Gasteiger partial charge in [-0.3, -0.25) is 0 Å². The maximum absolute atomic E-state index is 15.4. The molecule has 2 nitrogen and oxygen atoms in total. The molecule has 0 aliphatic heterocycles. The average Bonchev–Trinajstić information content (AvgIpc) is 2.47. The maximum Gasteiger partial charge on any atom is 0.181 e. The summed E-state index contributed by atoms with van der Waals surface area (Å²) in [4.78, 5) is 0.108. The second kappa shape index (κ2) is 5.67.